The van der Waals surface area contributed by atoms with E-state index < -0.39 is 10.0 Å². The lowest BCUT2D eigenvalue weighted by molar-refractivity contribution is -0.114. The first-order chi connectivity index (χ1) is 12.8. The Morgan fingerprint density at radius 2 is 1.70 bits per heavy atom. The Morgan fingerprint density at radius 3 is 2.30 bits per heavy atom. The van der Waals surface area contributed by atoms with Crippen molar-refractivity contribution in [3.05, 3.63) is 53.8 Å². The SMILES string of the molecule is CCN(CC)S(=O)(=O)c1ccc(NC(=O)CNc2cc(F)ccc2C)cc1. The monoisotopic (exact) mass is 393 g/mol. The predicted octanol–water partition coefficient (Wildman–Crippen LogP) is 3.22. The van der Waals surface area contributed by atoms with Crippen molar-refractivity contribution in [2.75, 3.05) is 30.3 Å². The topological polar surface area (TPSA) is 78.5 Å². The van der Waals surface area contributed by atoms with Crippen LogP contribution in [0.2, 0.25) is 0 Å². The molecule has 2 aromatic carbocycles. The van der Waals surface area contributed by atoms with Gasteiger partial charge in [0.25, 0.3) is 0 Å². The molecule has 0 atom stereocenters. The Bertz CT molecular complexity index is 895. The summed E-state index contributed by atoms with van der Waals surface area (Å²) in [4.78, 5) is 12.2. The zero-order valence-electron chi connectivity index (χ0n) is 15.6. The van der Waals surface area contributed by atoms with E-state index >= 15 is 0 Å². The Balaban J connectivity index is 2.00. The maximum atomic E-state index is 13.3. The Kier molecular flexibility index (Phi) is 6.92. The second-order valence-corrected chi connectivity index (χ2v) is 7.91. The van der Waals surface area contributed by atoms with Crippen LogP contribution in [0.15, 0.2) is 47.4 Å². The molecule has 0 radical (unpaired) electrons. The van der Waals surface area contributed by atoms with Gasteiger partial charge in [0.2, 0.25) is 15.9 Å². The number of hydrogen-bond donors (Lipinski definition) is 2. The summed E-state index contributed by atoms with van der Waals surface area (Å²) in [5.41, 5.74) is 1.86. The highest BCUT2D eigenvalue weighted by molar-refractivity contribution is 7.89. The molecule has 27 heavy (non-hydrogen) atoms. The van der Waals surface area contributed by atoms with E-state index in [0.29, 0.717) is 24.5 Å². The molecular formula is C19H24FN3O3S. The second kappa shape index (κ2) is 8.96. The number of carbonyl (C=O) groups excluding carboxylic acids is 1. The molecule has 0 heterocycles. The lowest BCUT2D eigenvalue weighted by Gasteiger charge is -2.18. The van der Waals surface area contributed by atoms with Gasteiger partial charge in [-0.3, -0.25) is 4.79 Å². The van der Waals surface area contributed by atoms with Gasteiger partial charge in [0.1, 0.15) is 5.82 Å². The summed E-state index contributed by atoms with van der Waals surface area (Å²) in [5, 5.41) is 5.56. The molecule has 0 fully saturated rings. The van der Waals surface area contributed by atoms with Crippen LogP contribution >= 0.6 is 0 Å². The lowest BCUT2D eigenvalue weighted by atomic mass is 10.2. The highest BCUT2D eigenvalue weighted by atomic mass is 32.2. The number of hydrogen-bond acceptors (Lipinski definition) is 4. The Labute approximate surface area is 159 Å². The average Bonchev–Trinajstić information content (AvgIpc) is 2.63. The number of nitrogens with one attached hydrogen (secondary N) is 2. The number of benzene rings is 2. The largest absolute Gasteiger partial charge is 0.376 e. The van der Waals surface area contributed by atoms with Crippen molar-refractivity contribution in [3.8, 4) is 0 Å². The number of nitrogens with zero attached hydrogens (tertiary/aromatic N) is 1. The van der Waals surface area contributed by atoms with Crippen LogP contribution < -0.4 is 10.6 Å². The molecule has 0 saturated heterocycles. The van der Waals surface area contributed by atoms with Crippen molar-refractivity contribution in [1.29, 1.82) is 0 Å². The number of sulfonamides is 1. The van der Waals surface area contributed by atoms with Gasteiger partial charge in [-0.05, 0) is 48.9 Å². The van der Waals surface area contributed by atoms with Gasteiger partial charge in [-0.2, -0.15) is 4.31 Å². The van der Waals surface area contributed by atoms with Gasteiger partial charge in [0.05, 0.1) is 11.4 Å². The number of halogens is 1. The molecule has 0 spiro atoms. The van der Waals surface area contributed by atoms with Gasteiger partial charge in [-0.25, -0.2) is 12.8 Å². The highest BCUT2D eigenvalue weighted by Crippen LogP contribution is 2.19. The zero-order valence-corrected chi connectivity index (χ0v) is 16.4. The van der Waals surface area contributed by atoms with E-state index in [4.69, 9.17) is 0 Å². The second-order valence-electron chi connectivity index (χ2n) is 5.97. The van der Waals surface area contributed by atoms with Gasteiger partial charge in [-0.1, -0.05) is 19.9 Å². The number of aryl methyl sites for hydroxylation is 1. The van der Waals surface area contributed by atoms with Crippen molar-refractivity contribution in [2.24, 2.45) is 0 Å². The molecule has 0 aliphatic rings. The van der Waals surface area contributed by atoms with Gasteiger partial charge in [-0.15, -0.1) is 0 Å². The summed E-state index contributed by atoms with van der Waals surface area (Å²) in [7, 11) is -3.53. The number of anilines is 2. The fourth-order valence-electron chi connectivity index (χ4n) is 2.59. The third kappa shape index (κ3) is 5.27. The first-order valence-corrected chi connectivity index (χ1v) is 10.1. The molecule has 0 aromatic heterocycles. The standard InChI is InChI=1S/C19H24FN3O3S/c1-4-23(5-2)27(25,26)17-10-8-16(9-11-17)22-19(24)13-21-18-12-15(20)7-6-14(18)3/h6-12,21H,4-5,13H2,1-3H3,(H,22,24). The molecular weight excluding hydrogens is 369 g/mol. The molecule has 6 nitrogen and oxygen atoms in total. The van der Waals surface area contributed by atoms with Crippen LogP contribution in [0.3, 0.4) is 0 Å². The minimum Gasteiger partial charge on any atom is -0.376 e. The summed E-state index contributed by atoms with van der Waals surface area (Å²) in [6.45, 7) is 6.12. The molecule has 0 aliphatic heterocycles. The van der Waals surface area contributed by atoms with Crippen molar-refractivity contribution in [3.63, 3.8) is 0 Å². The normalized spacial score (nSPS) is 11.4. The van der Waals surface area contributed by atoms with E-state index in [1.54, 1.807) is 32.0 Å². The van der Waals surface area contributed by atoms with E-state index in [1.807, 2.05) is 6.92 Å². The van der Waals surface area contributed by atoms with Crippen molar-refractivity contribution < 1.29 is 17.6 Å². The van der Waals surface area contributed by atoms with E-state index in [9.17, 15) is 17.6 Å². The molecule has 2 rings (SSSR count). The van der Waals surface area contributed by atoms with Crippen LogP contribution in [-0.4, -0.2) is 38.3 Å². The molecule has 146 valence electrons. The van der Waals surface area contributed by atoms with Crippen molar-refractivity contribution >= 4 is 27.3 Å². The average molecular weight is 393 g/mol. The minimum absolute atomic E-state index is 0.0379. The molecule has 0 bridgehead atoms. The molecule has 0 aliphatic carbocycles. The van der Waals surface area contributed by atoms with E-state index in [-0.39, 0.29) is 23.2 Å². The summed E-state index contributed by atoms with van der Waals surface area (Å²) >= 11 is 0. The van der Waals surface area contributed by atoms with Crippen LogP contribution in [-0.2, 0) is 14.8 Å². The van der Waals surface area contributed by atoms with E-state index in [0.717, 1.165) is 5.56 Å². The zero-order chi connectivity index (χ0) is 20.0. The highest BCUT2D eigenvalue weighted by Gasteiger charge is 2.21. The van der Waals surface area contributed by atoms with Crippen LogP contribution in [0, 0.1) is 12.7 Å². The fraction of sp³-hybridized carbons (Fsp3) is 0.316. The van der Waals surface area contributed by atoms with Gasteiger partial charge >= 0.3 is 0 Å². The first-order valence-electron chi connectivity index (χ1n) is 8.68. The van der Waals surface area contributed by atoms with Crippen LogP contribution in [0.5, 0.6) is 0 Å². The summed E-state index contributed by atoms with van der Waals surface area (Å²) in [6, 6.07) is 10.3. The third-order valence-corrected chi connectivity index (χ3v) is 6.18. The van der Waals surface area contributed by atoms with E-state index in [2.05, 4.69) is 10.6 Å². The molecule has 1 amide bonds. The quantitative estimate of drug-likeness (QED) is 0.722. The first kappa shape index (κ1) is 20.9. The number of carbonyl (C=O) groups is 1. The van der Waals surface area contributed by atoms with Crippen molar-refractivity contribution in [1.82, 2.24) is 4.31 Å². The number of amides is 1. The predicted molar refractivity (Wildman–Crippen MR) is 105 cm³/mol. The van der Waals surface area contributed by atoms with Gasteiger partial charge < -0.3 is 10.6 Å². The van der Waals surface area contributed by atoms with Crippen LogP contribution in [0.4, 0.5) is 15.8 Å². The number of rotatable bonds is 8. The molecule has 2 aromatic rings. The van der Waals surface area contributed by atoms with Crippen molar-refractivity contribution in [2.45, 2.75) is 25.7 Å². The van der Waals surface area contributed by atoms with Crippen LogP contribution in [0.1, 0.15) is 19.4 Å². The maximum Gasteiger partial charge on any atom is 0.243 e. The molecule has 0 saturated carbocycles. The van der Waals surface area contributed by atoms with Gasteiger partial charge in [0, 0.05) is 24.5 Å². The molecule has 0 unspecified atom stereocenters. The maximum absolute atomic E-state index is 13.3. The minimum atomic E-state index is -3.53. The molecule has 2 N–H and O–H groups in total. The van der Waals surface area contributed by atoms with Crippen LogP contribution in [0.25, 0.3) is 0 Å². The van der Waals surface area contributed by atoms with E-state index in [1.165, 1.54) is 28.6 Å². The summed E-state index contributed by atoms with van der Waals surface area (Å²) in [5.74, 6) is -0.702. The summed E-state index contributed by atoms with van der Waals surface area (Å²) < 4.78 is 39.5. The fourth-order valence-corrected chi connectivity index (χ4v) is 4.05. The Hall–Kier alpha value is -2.45. The van der Waals surface area contributed by atoms with Gasteiger partial charge in [0.15, 0.2) is 0 Å². The molecule has 8 heteroatoms. The third-order valence-electron chi connectivity index (χ3n) is 4.12. The Morgan fingerprint density at radius 1 is 1.07 bits per heavy atom. The summed E-state index contributed by atoms with van der Waals surface area (Å²) in [6.07, 6.45) is 0. The lowest BCUT2D eigenvalue weighted by Crippen LogP contribution is -2.30. The smallest absolute Gasteiger partial charge is 0.243 e.